The third-order valence-electron chi connectivity index (χ3n) is 2.73. The standard InChI is InChI=1S/C9H17N3/c1-11(2)9(7-10)5-4-6-12(3)8-9/h4-6,8H2,1-3H3. The molecule has 0 spiro atoms. The maximum atomic E-state index is 9.11. The maximum Gasteiger partial charge on any atom is 0.121 e. The summed E-state index contributed by atoms with van der Waals surface area (Å²) >= 11 is 0. The number of nitriles is 1. The highest BCUT2D eigenvalue weighted by Crippen LogP contribution is 2.23. The molecule has 1 fully saturated rings. The Morgan fingerprint density at radius 2 is 2.17 bits per heavy atom. The average molecular weight is 167 g/mol. The van der Waals surface area contributed by atoms with Gasteiger partial charge in [-0.25, -0.2) is 0 Å². The van der Waals surface area contributed by atoms with Crippen LogP contribution in [0.25, 0.3) is 0 Å². The van der Waals surface area contributed by atoms with Crippen molar-refractivity contribution in [1.82, 2.24) is 9.80 Å². The van der Waals surface area contributed by atoms with Gasteiger partial charge in [-0.2, -0.15) is 5.26 Å². The van der Waals surface area contributed by atoms with E-state index in [0.29, 0.717) is 0 Å². The zero-order valence-corrected chi connectivity index (χ0v) is 8.17. The molecule has 3 heteroatoms. The van der Waals surface area contributed by atoms with Gasteiger partial charge in [-0.3, -0.25) is 4.90 Å². The fourth-order valence-corrected chi connectivity index (χ4v) is 1.80. The zero-order chi connectivity index (χ0) is 9.19. The fourth-order valence-electron chi connectivity index (χ4n) is 1.80. The number of likely N-dealkylation sites (tertiary alicyclic amines) is 1. The van der Waals surface area contributed by atoms with Crippen molar-refractivity contribution in [3.63, 3.8) is 0 Å². The number of piperidine rings is 1. The number of rotatable bonds is 1. The van der Waals surface area contributed by atoms with E-state index in [2.05, 4.69) is 18.0 Å². The van der Waals surface area contributed by atoms with E-state index in [1.165, 1.54) is 0 Å². The molecular formula is C9H17N3. The normalized spacial score (nSPS) is 31.9. The summed E-state index contributed by atoms with van der Waals surface area (Å²) in [5, 5.41) is 9.11. The van der Waals surface area contributed by atoms with Gasteiger partial charge in [0.25, 0.3) is 0 Å². The molecule has 12 heavy (non-hydrogen) atoms. The van der Waals surface area contributed by atoms with Crippen LogP contribution in [0.2, 0.25) is 0 Å². The van der Waals surface area contributed by atoms with Crippen LogP contribution in [0.4, 0.5) is 0 Å². The highest BCUT2D eigenvalue weighted by molar-refractivity contribution is 5.10. The largest absolute Gasteiger partial charge is 0.303 e. The number of hydrogen-bond donors (Lipinski definition) is 0. The lowest BCUT2D eigenvalue weighted by Crippen LogP contribution is -2.54. The first kappa shape index (κ1) is 9.50. The highest BCUT2D eigenvalue weighted by Gasteiger charge is 2.36. The molecule has 0 aliphatic carbocycles. The molecule has 0 saturated carbocycles. The zero-order valence-electron chi connectivity index (χ0n) is 8.17. The van der Waals surface area contributed by atoms with E-state index in [4.69, 9.17) is 5.26 Å². The van der Waals surface area contributed by atoms with Crippen molar-refractivity contribution in [3.05, 3.63) is 0 Å². The molecule has 1 aliphatic heterocycles. The average Bonchev–Trinajstić information content (AvgIpc) is 2.04. The van der Waals surface area contributed by atoms with Gasteiger partial charge in [-0.05, 0) is 40.5 Å². The summed E-state index contributed by atoms with van der Waals surface area (Å²) in [6, 6.07) is 2.43. The molecule has 0 N–H and O–H groups in total. The first-order chi connectivity index (χ1) is 5.60. The molecule has 0 radical (unpaired) electrons. The minimum Gasteiger partial charge on any atom is -0.303 e. The summed E-state index contributed by atoms with van der Waals surface area (Å²) < 4.78 is 0. The Balaban J connectivity index is 2.73. The summed E-state index contributed by atoms with van der Waals surface area (Å²) in [4.78, 5) is 4.27. The second-order valence-corrected chi connectivity index (χ2v) is 3.88. The molecular weight excluding hydrogens is 150 g/mol. The van der Waals surface area contributed by atoms with Gasteiger partial charge in [-0.15, -0.1) is 0 Å². The Morgan fingerprint density at radius 1 is 1.50 bits per heavy atom. The molecule has 68 valence electrons. The topological polar surface area (TPSA) is 30.3 Å². The van der Waals surface area contributed by atoms with E-state index in [9.17, 15) is 0 Å². The second-order valence-electron chi connectivity index (χ2n) is 3.88. The van der Waals surface area contributed by atoms with Crippen LogP contribution in [0.5, 0.6) is 0 Å². The van der Waals surface area contributed by atoms with Crippen LogP contribution in [-0.4, -0.2) is 49.6 Å². The number of likely N-dealkylation sites (N-methyl/N-ethyl adjacent to an activating group) is 2. The van der Waals surface area contributed by atoms with Crippen molar-refractivity contribution in [2.24, 2.45) is 0 Å². The lowest BCUT2D eigenvalue weighted by atomic mass is 9.90. The van der Waals surface area contributed by atoms with Crippen LogP contribution < -0.4 is 0 Å². The molecule has 0 aromatic carbocycles. The first-order valence-electron chi connectivity index (χ1n) is 4.38. The van der Waals surface area contributed by atoms with E-state index in [0.717, 1.165) is 25.9 Å². The maximum absolute atomic E-state index is 9.11. The summed E-state index contributed by atoms with van der Waals surface area (Å²) in [5.74, 6) is 0. The van der Waals surface area contributed by atoms with E-state index in [1.807, 2.05) is 19.0 Å². The van der Waals surface area contributed by atoms with Crippen LogP contribution in [0.15, 0.2) is 0 Å². The van der Waals surface area contributed by atoms with Crippen LogP contribution in [-0.2, 0) is 0 Å². The fraction of sp³-hybridized carbons (Fsp3) is 0.889. The predicted octanol–water partition coefficient (Wildman–Crippen LogP) is 0.536. The van der Waals surface area contributed by atoms with Crippen molar-refractivity contribution >= 4 is 0 Å². The monoisotopic (exact) mass is 167 g/mol. The van der Waals surface area contributed by atoms with Crippen LogP contribution in [0, 0.1) is 11.3 Å². The third kappa shape index (κ3) is 1.60. The predicted molar refractivity (Wildman–Crippen MR) is 48.8 cm³/mol. The summed E-state index contributed by atoms with van der Waals surface area (Å²) in [6.45, 7) is 1.99. The Bertz CT molecular complexity index is 194. The van der Waals surface area contributed by atoms with Gasteiger partial charge in [-0.1, -0.05) is 0 Å². The van der Waals surface area contributed by atoms with E-state index in [-0.39, 0.29) is 5.54 Å². The van der Waals surface area contributed by atoms with Crippen molar-refractivity contribution in [2.45, 2.75) is 18.4 Å². The molecule has 3 nitrogen and oxygen atoms in total. The van der Waals surface area contributed by atoms with Gasteiger partial charge in [0.2, 0.25) is 0 Å². The molecule has 0 aromatic rings. The molecule has 1 saturated heterocycles. The Kier molecular flexibility index (Phi) is 2.71. The van der Waals surface area contributed by atoms with E-state index < -0.39 is 0 Å². The Morgan fingerprint density at radius 3 is 2.50 bits per heavy atom. The van der Waals surface area contributed by atoms with Gasteiger partial charge in [0.05, 0.1) is 6.07 Å². The second kappa shape index (κ2) is 3.42. The van der Waals surface area contributed by atoms with Crippen LogP contribution >= 0.6 is 0 Å². The van der Waals surface area contributed by atoms with E-state index >= 15 is 0 Å². The summed E-state index contributed by atoms with van der Waals surface area (Å²) in [5.41, 5.74) is -0.243. The van der Waals surface area contributed by atoms with Gasteiger partial charge < -0.3 is 4.90 Å². The van der Waals surface area contributed by atoms with Crippen molar-refractivity contribution in [2.75, 3.05) is 34.2 Å². The molecule has 0 amide bonds. The van der Waals surface area contributed by atoms with Crippen LogP contribution in [0.3, 0.4) is 0 Å². The van der Waals surface area contributed by atoms with E-state index in [1.54, 1.807) is 0 Å². The molecule has 1 rings (SSSR count). The minimum absolute atomic E-state index is 0.243. The van der Waals surface area contributed by atoms with Crippen LogP contribution in [0.1, 0.15) is 12.8 Å². The number of hydrogen-bond acceptors (Lipinski definition) is 3. The van der Waals surface area contributed by atoms with Crippen molar-refractivity contribution in [3.8, 4) is 6.07 Å². The molecule has 0 aromatic heterocycles. The van der Waals surface area contributed by atoms with Gasteiger partial charge in [0, 0.05) is 6.54 Å². The number of nitrogens with zero attached hydrogens (tertiary/aromatic N) is 3. The third-order valence-corrected chi connectivity index (χ3v) is 2.73. The lowest BCUT2D eigenvalue weighted by molar-refractivity contribution is 0.102. The van der Waals surface area contributed by atoms with Gasteiger partial charge in [0.15, 0.2) is 0 Å². The smallest absolute Gasteiger partial charge is 0.121 e. The quantitative estimate of drug-likeness (QED) is 0.571. The summed E-state index contributed by atoms with van der Waals surface area (Å²) in [6.07, 6.45) is 2.13. The SMILES string of the molecule is CN1CCCC(C#N)(N(C)C)C1. The highest BCUT2D eigenvalue weighted by atomic mass is 15.2. The molecule has 1 unspecified atom stereocenters. The minimum atomic E-state index is -0.243. The van der Waals surface area contributed by atoms with Gasteiger partial charge >= 0.3 is 0 Å². The van der Waals surface area contributed by atoms with Crippen molar-refractivity contribution < 1.29 is 0 Å². The Hall–Kier alpha value is -0.590. The first-order valence-corrected chi connectivity index (χ1v) is 4.38. The molecule has 1 heterocycles. The molecule has 0 bridgehead atoms. The lowest BCUT2D eigenvalue weighted by Gasteiger charge is -2.40. The van der Waals surface area contributed by atoms with Gasteiger partial charge in [0.1, 0.15) is 5.54 Å². The Labute approximate surface area is 74.6 Å². The molecule has 1 aliphatic rings. The molecule has 1 atom stereocenters. The summed E-state index contributed by atoms with van der Waals surface area (Å²) in [7, 11) is 6.06. The van der Waals surface area contributed by atoms with Crippen molar-refractivity contribution in [1.29, 1.82) is 5.26 Å².